The van der Waals surface area contributed by atoms with E-state index in [2.05, 4.69) is 5.32 Å². The molecule has 3 rings (SSSR count). The fraction of sp³-hybridized carbons (Fsp3) is 0.208. The summed E-state index contributed by atoms with van der Waals surface area (Å²) in [6, 6.07) is 19.1. The first-order valence-electron chi connectivity index (χ1n) is 9.84. The molecule has 0 atom stereocenters. The van der Waals surface area contributed by atoms with E-state index >= 15 is 0 Å². The molecular weight excluding hydrogens is 432 g/mol. The van der Waals surface area contributed by atoms with Gasteiger partial charge in [0.15, 0.2) is 0 Å². The van der Waals surface area contributed by atoms with Gasteiger partial charge in [-0.3, -0.25) is 4.79 Å². The molecule has 31 heavy (non-hydrogen) atoms. The second kappa shape index (κ2) is 9.64. The number of hydrogen-bond acceptors (Lipinski definition) is 3. The normalized spacial score (nSPS) is 11.5. The van der Waals surface area contributed by atoms with Gasteiger partial charge in [-0.05, 0) is 67.8 Å². The van der Waals surface area contributed by atoms with Gasteiger partial charge in [-0.2, -0.15) is 4.31 Å². The summed E-state index contributed by atoms with van der Waals surface area (Å²) in [7, 11) is -3.92. The molecule has 0 aromatic heterocycles. The Bertz CT molecular complexity index is 1190. The van der Waals surface area contributed by atoms with Crippen molar-refractivity contribution in [3.8, 4) is 0 Å². The second-order valence-electron chi connectivity index (χ2n) is 7.51. The molecule has 3 aromatic carbocycles. The van der Waals surface area contributed by atoms with Crippen LogP contribution in [0.4, 0.5) is 5.69 Å². The average Bonchev–Trinajstić information content (AvgIpc) is 2.71. The Balaban J connectivity index is 1.90. The van der Waals surface area contributed by atoms with Crippen LogP contribution in [0.1, 0.15) is 22.3 Å². The lowest BCUT2D eigenvalue weighted by Gasteiger charge is -2.22. The average molecular weight is 457 g/mol. The first kappa shape index (κ1) is 23.0. The maximum Gasteiger partial charge on any atom is 0.243 e. The van der Waals surface area contributed by atoms with E-state index in [1.165, 1.54) is 28.6 Å². The maximum atomic E-state index is 13.3. The highest BCUT2D eigenvalue weighted by Gasteiger charge is 2.27. The molecule has 0 spiro atoms. The number of benzene rings is 3. The number of nitrogens with zero attached hydrogens (tertiary/aromatic N) is 1. The molecule has 0 fully saturated rings. The minimum absolute atomic E-state index is 0.0762. The largest absolute Gasteiger partial charge is 0.325 e. The Morgan fingerprint density at radius 1 is 0.968 bits per heavy atom. The highest BCUT2D eigenvalue weighted by molar-refractivity contribution is 7.89. The summed E-state index contributed by atoms with van der Waals surface area (Å²) in [6.07, 6.45) is 0. The molecule has 0 aliphatic carbocycles. The molecule has 0 bridgehead atoms. The summed E-state index contributed by atoms with van der Waals surface area (Å²) in [6.45, 7) is 5.58. The number of sulfonamides is 1. The fourth-order valence-corrected chi connectivity index (χ4v) is 4.74. The van der Waals surface area contributed by atoms with Gasteiger partial charge in [0.25, 0.3) is 0 Å². The zero-order valence-corrected chi connectivity index (χ0v) is 19.3. The van der Waals surface area contributed by atoms with Crippen molar-refractivity contribution in [3.63, 3.8) is 0 Å². The molecule has 162 valence electrons. The van der Waals surface area contributed by atoms with Crippen molar-refractivity contribution in [2.75, 3.05) is 11.9 Å². The zero-order chi connectivity index (χ0) is 22.6. The minimum atomic E-state index is -3.92. The van der Waals surface area contributed by atoms with Crippen LogP contribution in [0.5, 0.6) is 0 Å². The quantitative estimate of drug-likeness (QED) is 0.538. The van der Waals surface area contributed by atoms with E-state index < -0.39 is 15.9 Å². The summed E-state index contributed by atoms with van der Waals surface area (Å²) < 4.78 is 27.9. The van der Waals surface area contributed by atoms with Gasteiger partial charge in [0.2, 0.25) is 15.9 Å². The Hall–Kier alpha value is -2.67. The van der Waals surface area contributed by atoms with E-state index in [0.29, 0.717) is 10.7 Å². The van der Waals surface area contributed by atoms with Crippen LogP contribution in [-0.2, 0) is 21.4 Å². The highest BCUT2D eigenvalue weighted by atomic mass is 35.5. The van der Waals surface area contributed by atoms with Crippen LogP contribution in [0.25, 0.3) is 0 Å². The molecule has 7 heteroatoms. The van der Waals surface area contributed by atoms with Gasteiger partial charge in [0.05, 0.1) is 11.4 Å². The SMILES string of the molecule is Cc1cccc(CN(CC(=O)Nc2cccc(C)c2C)S(=O)(=O)c2ccc(Cl)cc2)c1. The number of hydrogen-bond donors (Lipinski definition) is 1. The van der Waals surface area contributed by atoms with E-state index in [-0.39, 0.29) is 18.0 Å². The zero-order valence-electron chi connectivity index (χ0n) is 17.7. The van der Waals surface area contributed by atoms with Gasteiger partial charge in [-0.25, -0.2) is 8.42 Å². The van der Waals surface area contributed by atoms with Crippen LogP contribution in [0.2, 0.25) is 5.02 Å². The highest BCUT2D eigenvalue weighted by Crippen LogP contribution is 2.22. The molecule has 0 saturated heterocycles. The third-order valence-electron chi connectivity index (χ3n) is 5.09. The standard InChI is InChI=1S/C24H25ClN2O3S/c1-17-6-4-8-20(14-17)15-27(31(29,30)22-12-10-21(25)11-13-22)16-24(28)26-23-9-5-7-18(2)19(23)3/h4-14H,15-16H2,1-3H3,(H,26,28). The summed E-state index contributed by atoms with van der Waals surface area (Å²) in [5.41, 5.74) is 4.48. The first-order chi connectivity index (χ1) is 14.7. The topological polar surface area (TPSA) is 66.5 Å². The number of rotatable bonds is 7. The van der Waals surface area contributed by atoms with Crippen LogP contribution in [0.3, 0.4) is 0 Å². The third kappa shape index (κ3) is 5.73. The molecule has 1 amide bonds. The summed E-state index contributed by atoms with van der Waals surface area (Å²) in [4.78, 5) is 12.9. The smallest absolute Gasteiger partial charge is 0.243 e. The van der Waals surface area contributed by atoms with Crippen LogP contribution in [0.15, 0.2) is 71.6 Å². The van der Waals surface area contributed by atoms with Gasteiger partial charge in [0, 0.05) is 17.3 Å². The maximum absolute atomic E-state index is 13.3. The Kier molecular flexibility index (Phi) is 7.15. The van der Waals surface area contributed by atoms with E-state index in [9.17, 15) is 13.2 Å². The molecule has 5 nitrogen and oxygen atoms in total. The van der Waals surface area contributed by atoms with Crippen LogP contribution < -0.4 is 5.32 Å². The molecule has 0 unspecified atom stereocenters. The lowest BCUT2D eigenvalue weighted by molar-refractivity contribution is -0.116. The Morgan fingerprint density at radius 2 is 1.65 bits per heavy atom. The number of nitrogens with one attached hydrogen (secondary N) is 1. The van der Waals surface area contributed by atoms with Crippen LogP contribution in [0, 0.1) is 20.8 Å². The van der Waals surface area contributed by atoms with E-state index in [4.69, 9.17) is 11.6 Å². The second-order valence-corrected chi connectivity index (χ2v) is 9.89. The summed E-state index contributed by atoms with van der Waals surface area (Å²) >= 11 is 5.92. The van der Waals surface area contributed by atoms with Gasteiger partial charge < -0.3 is 5.32 Å². The summed E-state index contributed by atoms with van der Waals surface area (Å²) in [5, 5.41) is 3.29. The van der Waals surface area contributed by atoms with E-state index in [1.807, 2.05) is 57.2 Å². The molecule has 1 N–H and O–H groups in total. The monoisotopic (exact) mass is 456 g/mol. The molecular formula is C24H25ClN2O3S. The molecule has 0 heterocycles. The molecule has 0 radical (unpaired) electrons. The van der Waals surface area contributed by atoms with Crippen LogP contribution in [-0.4, -0.2) is 25.2 Å². The van der Waals surface area contributed by atoms with E-state index in [0.717, 1.165) is 22.3 Å². The van der Waals surface area contributed by atoms with Crippen LogP contribution >= 0.6 is 11.6 Å². The van der Waals surface area contributed by atoms with Crippen molar-refractivity contribution in [1.82, 2.24) is 4.31 Å². The molecule has 3 aromatic rings. The van der Waals surface area contributed by atoms with Crippen molar-refractivity contribution < 1.29 is 13.2 Å². The lowest BCUT2D eigenvalue weighted by Crippen LogP contribution is -2.37. The van der Waals surface area contributed by atoms with Crippen molar-refractivity contribution in [1.29, 1.82) is 0 Å². The Labute approximate surface area is 188 Å². The number of anilines is 1. The van der Waals surface area contributed by atoms with Gasteiger partial charge in [-0.1, -0.05) is 53.6 Å². The van der Waals surface area contributed by atoms with Gasteiger partial charge >= 0.3 is 0 Å². The van der Waals surface area contributed by atoms with Crippen molar-refractivity contribution in [2.45, 2.75) is 32.2 Å². The Morgan fingerprint density at radius 3 is 2.32 bits per heavy atom. The predicted molar refractivity (Wildman–Crippen MR) is 125 cm³/mol. The number of halogens is 1. The van der Waals surface area contributed by atoms with Gasteiger partial charge in [-0.15, -0.1) is 0 Å². The molecule has 0 aliphatic rings. The number of carbonyl (C=O) groups is 1. The minimum Gasteiger partial charge on any atom is -0.325 e. The first-order valence-corrected chi connectivity index (χ1v) is 11.7. The molecule has 0 aliphatic heterocycles. The fourth-order valence-electron chi connectivity index (χ4n) is 3.23. The molecule has 0 saturated carbocycles. The van der Waals surface area contributed by atoms with E-state index in [1.54, 1.807) is 6.07 Å². The number of amides is 1. The predicted octanol–water partition coefficient (Wildman–Crippen LogP) is 5.09. The third-order valence-corrected chi connectivity index (χ3v) is 7.15. The van der Waals surface area contributed by atoms with Crippen molar-refractivity contribution in [3.05, 3.63) is 94.0 Å². The van der Waals surface area contributed by atoms with Gasteiger partial charge in [0.1, 0.15) is 0 Å². The number of aryl methyl sites for hydroxylation is 2. The van der Waals surface area contributed by atoms with Crippen molar-refractivity contribution >= 4 is 33.2 Å². The summed E-state index contributed by atoms with van der Waals surface area (Å²) in [5.74, 6) is -0.404. The van der Waals surface area contributed by atoms with Crippen molar-refractivity contribution in [2.24, 2.45) is 0 Å². The number of carbonyl (C=O) groups excluding carboxylic acids is 1. The lowest BCUT2D eigenvalue weighted by atomic mass is 10.1.